The molecule has 13 heteroatoms. The Bertz CT molecular complexity index is 1540. The Hall–Kier alpha value is -3.39. The number of rotatable bonds is 11. The second kappa shape index (κ2) is 12.4. The molecule has 0 atom stereocenters. The molecule has 0 saturated carbocycles. The highest BCUT2D eigenvalue weighted by atomic mass is 32.2. The summed E-state index contributed by atoms with van der Waals surface area (Å²) < 4.78 is 86.0. The van der Waals surface area contributed by atoms with Gasteiger partial charge in [0.2, 0.25) is 20.0 Å². The van der Waals surface area contributed by atoms with Crippen molar-refractivity contribution in [3.63, 3.8) is 0 Å². The van der Waals surface area contributed by atoms with Crippen LogP contribution in [-0.2, 0) is 26.5 Å². The maximum absolute atomic E-state index is 13.4. The third kappa shape index (κ3) is 6.49. The van der Waals surface area contributed by atoms with Crippen molar-refractivity contribution in [2.45, 2.75) is 16.2 Å². The van der Waals surface area contributed by atoms with E-state index in [0.29, 0.717) is 36.7 Å². The van der Waals surface area contributed by atoms with Gasteiger partial charge in [0.05, 0.1) is 31.9 Å². The summed E-state index contributed by atoms with van der Waals surface area (Å²) in [6.07, 6.45) is 0.400. The molecule has 1 fully saturated rings. The number of nitrogens with zero attached hydrogens (tertiary/aromatic N) is 2. The smallest absolute Gasteiger partial charge is 0.247 e. The van der Waals surface area contributed by atoms with E-state index in [1.54, 1.807) is 30.3 Å². The maximum Gasteiger partial charge on any atom is 0.247 e. The van der Waals surface area contributed by atoms with Gasteiger partial charge in [-0.1, -0.05) is 12.1 Å². The van der Waals surface area contributed by atoms with Crippen LogP contribution in [0.15, 0.2) is 70.5 Å². The van der Waals surface area contributed by atoms with Crippen molar-refractivity contribution >= 4 is 25.7 Å². The second-order valence-corrected chi connectivity index (χ2v) is 12.7. The molecule has 1 saturated heterocycles. The molecule has 0 aliphatic carbocycles. The van der Waals surface area contributed by atoms with Crippen LogP contribution in [0.1, 0.15) is 5.56 Å². The molecule has 0 aromatic heterocycles. The van der Waals surface area contributed by atoms with Gasteiger partial charge in [-0.05, 0) is 54.4 Å². The summed E-state index contributed by atoms with van der Waals surface area (Å²) in [6, 6.07) is 15.0. The lowest BCUT2D eigenvalue weighted by molar-refractivity contribution is 0.367. The lowest BCUT2D eigenvalue weighted by atomic mass is 10.1. The standard InChI is InChI=1S/C27H32FN3O7S2/c1-36-22-8-10-26(38-3)27(18-22)40(34,35)31-16-14-30(15-17-31)24-19-23(9-11-25(24)37-2)39(32,33)29-13-12-20-4-6-21(28)7-5-20/h4-11,18-19,29H,12-17H2,1-3H3. The summed E-state index contributed by atoms with van der Waals surface area (Å²) >= 11 is 0. The normalized spacial score (nSPS) is 14.7. The van der Waals surface area contributed by atoms with E-state index in [9.17, 15) is 21.2 Å². The number of anilines is 1. The number of hydrogen-bond acceptors (Lipinski definition) is 8. The van der Waals surface area contributed by atoms with Crippen LogP contribution in [-0.4, -0.2) is 75.2 Å². The summed E-state index contributed by atoms with van der Waals surface area (Å²) in [4.78, 5) is 1.96. The van der Waals surface area contributed by atoms with Gasteiger partial charge < -0.3 is 19.1 Å². The van der Waals surface area contributed by atoms with Crippen LogP contribution in [0.3, 0.4) is 0 Å². The minimum absolute atomic E-state index is 0.0141. The SMILES string of the molecule is COc1ccc(OC)c(S(=O)(=O)N2CCN(c3cc(S(=O)(=O)NCCc4ccc(F)cc4)ccc3OC)CC2)c1. The van der Waals surface area contributed by atoms with Gasteiger partial charge in [-0.2, -0.15) is 4.31 Å². The molecule has 0 amide bonds. The Morgan fingerprint density at radius 2 is 1.45 bits per heavy atom. The van der Waals surface area contributed by atoms with E-state index >= 15 is 0 Å². The van der Waals surface area contributed by atoms with E-state index in [-0.39, 0.29) is 41.0 Å². The minimum atomic E-state index is -3.88. The number of hydrogen-bond donors (Lipinski definition) is 1. The van der Waals surface area contributed by atoms with E-state index in [1.807, 2.05) is 4.90 Å². The second-order valence-electron chi connectivity index (χ2n) is 9.02. The van der Waals surface area contributed by atoms with Crippen molar-refractivity contribution < 1.29 is 35.4 Å². The maximum atomic E-state index is 13.4. The fourth-order valence-corrected chi connectivity index (χ4v) is 7.09. The number of methoxy groups -OCH3 is 3. The van der Waals surface area contributed by atoms with E-state index in [0.717, 1.165) is 5.56 Å². The molecule has 1 heterocycles. The minimum Gasteiger partial charge on any atom is -0.497 e. The summed E-state index contributed by atoms with van der Waals surface area (Å²) in [5.41, 5.74) is 1.35. The molecule has 10 nitrogen and oxygen atoms in total. The highest BCUT2D eigenvalue weighted by Crippen LogP contribution is 2.34. The van der Waals surface area contributed by atoms with Crippen LogP contribution in [0, 0.1) is 5.82 Å². The van der Waals surface area contributed by atoms with Gasteiger partial charge in [-0.15, -0.1) is 0 Å². The number of nitrogens with one attached hydrogen (secondary N) is 1. The van der Waals surface area contributed by atoms with Crippen LogP contribution in [0.25, 0.3) is 0 Å². The van der Waals surface area contributed by atoms with Gasteiger partial charge in [0.15, 0.2) is 0 Å². The third-order valence-electron chi connectivity index (χ3n) is 6.65. The molecule has 0 unspecified atom stereocenters. The Balaban J connectivity index is 1.48. The first-order valence-corrected chi connectivity index (χ1v) is 15.4. The molecule has 0 bridgehead atoms. The van der Waals surface area contributed by atoms with Crippen LogP contribution in [0.4, 0.5) is 10.1 Å². The first-order valence-electron chi connectivity index (χ1n) is 12.5. The van der Waals surface area contributed by atoms with Crippen molar-refractivity contribution in [2.24, 2.45) is 0 Å². The molecular formula is C27H32FN3O7S2. The lowest BCUT2D eigenvalue weighted by Crippen LogP contribution is -2.48. The van der Waals surface area contributed by atoms with Crippen molar-refractivity contribution in [3.05, 3.63) is 72.0 Å². The van der Waals surface area contributed by atoms with Gasteiger partial charge in [-0.25, -0.2) is 25.9 Å². The fourth-order valence-electron chi connectivity index (χ4n) is 4.44. The zero-order valence-corrected chi connectivity index (χ0v) is 24.1. The van der Waals surface area contributed by atoms with Gasteiger partial charge in [-0.3, -0.25) is 0 Å². The van der Waals surface area contributed by atoms with Crippen LogP contribution < -0.4 is 23.8 Å². The van der Waals surface area contributed by atoms with E-state index in [4.69, 9.17) is 14.2 Å². The first-order chi connectivity index (χ1) is 19.1. The largest absolute Gasteiger partial charge is 0.497 e. The number of piperazine rings is 1. The Morgan fingerprint density at radius 3 is 2.08 bits per heavy atom. The predicted octanol–water partition coefficient (Wildman–Crippen LogP) is 2.88. The molecule has 1 N–H and O–H groups in total. The number of benzene rings is 3. The third-order valence-corrected chi connectivity index (χ3v) is 10.0. The number of sulfonamides is 2. The highest BCUT2D eigenvalue weighted by Gasteiger charge is 2.32. The highest BCUT2D eigenvalue weighted by molar-refractivity contribution is 7.89. The van der Waals surface area contributed by atoms with Crippen molar-refractivity contribution in [1.82, 2.24) is 9.03 Å². The van der Waals surface area contributed by atoms with Gasteiger partial charge in [0, 0.05) is 38.8 Å². The molecule has 0 spiro atoms. The Labute approximate surface area is 234 Å². The summed E-state index contributed by atoms with van der Waals surface area (Å²) in [5, 5.41) is 0. The zero-order valence-electron chi connectivity index (χ0n) is 22.5. The molecule has 1 aliphatic heterocycles. The quantitative estimate of drug-likeness (QED) is 0.361. The molecular weight excluding hydrogens is 561 g/mol. The van der Waals surface area contributed by atoms with Crippen LogP contribution >= 0.6 is 0 Å². The van der Waals surface area contributed by atoms with Gasteiger partial charge in [0.1, 0.15) is 28.0 Å². The number of halogens is 1. The molecule has 216 valence electrons. The lowest BCUT2D eigenvalue weighted by Gasteiger charge is -2.36. The topological polar surface area (TPSA) is 114 Å². The molecule has 4 rings (SSSR count). The predicted molar refractivity (Wildman–Crippen MR) is 149 cm³/mol. The monoisotopic (exact) mass is 593 g/mol. The molecule has 0 radical (unpaired) electrons. The average molecular weight is 594 g/mol. The Morgan fingerprint density at radius 1 is 0.800 bits per heavy atom. The molecule has 3 aromatic carbocycles. The fraction of sp³-hybridized carbons (Fsp3) is 0.333. The first kappa shape index (κ1) is 29.6. The van der Waals surface area contributed by atoms with Gasteiger partial charge >= 0.3 is 0 Å². The summed E-state index contributed by atoms with van der Waals surface area (Å²) in [5.74, 6) is 0.728. The van der Waals surface area contributed by atoms with Crippen molar-refractivity contribution in [1.29, 1.82) is 0 Å². The zero-order chi connectivity index (χ0) is 28.9. The molecule has 40 heavy (non-hydrogen) atoms. The molecule has 3 aromatic rings. The van der Waals surface area contributed by atoms with Crippen LogP contribution in [0.2, 0.25) is 0 Å². The Kier molecular flexibility index (Phi) is 9.19. The van der Waals surface area contributed by atoms with Gasteiger partial charge in [0.25, 0.3) is 0 Å². The van der Waals surface area contributed by atoms with Crippen LogP contribution in [0.5, 0.6) is 17.2 Å². The summed E-state index contributed by atoms with van der Waals surface area (Å²) in [7, 11) is -3.38. The summed E-state index contributed by atoms with van der Waals surface area (Å²) in [6.45, 7) is 1.09. The van der Waals surface area contributed by atoms with Crippen molar-refractivity contribution in [3.8, 4) is 17.2 Å². The molecule has 1 aliphatic rings. The van der Waals surface area contributed by atoms with E-state index in [2.05, 4.69) is 4.72 Å². The number of ether oxygens (including phenoxy) is 3. The average Bonchev–Trinajstić information content (AvgIpc) is 2.97. The van der Waals surface area contributed by atoms with E-state index < -0.39 is 20.0 Å². The van der Waals surface area contributed by atoms with E-state index in [1.165, 1.54) is 56.0 Å². The van der Waals surface area contributed by atoms with Crippen molar-refractivity contribution in [2.75, 3.05) is 59.0 Å².